The normalized spacial score (nSPS) is 23.7. The second kappa shape index (κ2) is 7.21. The van der Waals surface area contributed by atoms with Crippen molar-refractivity contribution in [1.82, 2.24) is 14.9 Å². The molecule has 0 spiro atoms. The molecular weight excluding hydrogens is 354 g/mol. The van der Waals surface area contributed by atoms with Crippen LogP contribution in [0.1, 0.15) is 37.1 Å². The third-order valence-corrected chi connectivity index (χ3v) is 7.00. The summed E-state index contributed by atoms with van der Waals surface area (Å²) in [6.45, 7) is 5.40. The Balaban J connectivity index is 1.51. The number of carbonyl (C=O) groups is 1. The minimum Gasteiger partial charge on any atom is -0.372 e. The molecule has 0 unspecified atom stereocenters. The van der Waals surface area contributed by atoms with Crippen molar-refractivity contribution in [2.75, 3.05) is 18.8 Å². The average Bonchev–Trinajstić information content (AvgIpc) is 2.98. The van der Waals surface area contributed by atoms with E-state index in [0.717, 1.165) is 22.7 Å². The van der Waals surface area contributed by atoms with Crippen molar-refractivity contribution in [3.63, 3.8) is 0 Å². The largest absolute Gasteiger partial charge is 0.372 e. The lowest BCUT2D eigenvalue weighted by molar-refractivity contribution is -0.140. The van der Waals surface area contributed by atoms with Crippen molar-refractivity contribution in [3.8, 4) is 0 Å². The van der Waals surface area contributed by atoms with E-state index in [1.54, 1.807) is 29.4 Å². The van der Waals surface area contributed by atoms with E-state index in [1.807, 2.05) is 18.7 Å². The molecule has 0 aromatic carbocycles. The third-order valence-electron chi connectivity index (χ3n) is 4.82. The Morgan fingerprint density at radius 2 is 2.04 bits per heavy atom. The lowest BCUT2D eigenvalue weighted by Gasteiger charge is -2.35. The van der Waals surface area contributed by atoms with Gasteiger partial charge in [0.15, 0.2) is 0 Å². The van der Waals surface area contributed by atoms with Crippen LogP contribution in [0.25, 0.3) is 10.2 Å². The number of carbonyl (C=O) groups excluding carboxylic acids is 1. The van der Waals surface area contributed by atoms with Crippen LogP contribution in [0, 0.1) is 0 Å². The van der Waals surface area contributed by atoms with Gasteiger partial charge in [-0.2, -0.15) is 0 Å². The van der Waals surface area contributed by atoms with E-state index in [1.165, 1.54) is 28.7 Å². The van der Waals surface area contributed by atoms with Gasteiger partial charge in [0, 0.05) is 23.4 Å². The van der Waals surface area contributed by atoms with Gasteiger partial charge in [-0.3, -0.25) is 4.79 Å². The molecule has 1 aliphatic heterocycles. The summed E-state index contributed by atoms with van der Waals surface area (Å²) in [5.74, 6) is 0.596. The predicted molar refractivity (Wildman–Crippen MR) is 101 cm³/mol. The zero-order valence-corrected chi connectivity index (χ0v) is 16.3. The number of thiophene rings is 1. The van der Waals surface area contributed by atoms with Gasteiger partial charge in [0.2, 0.25) is 5.91 Å². The summed E-state index contributed by atoms with van der Waals surface area (Å²) in [7, 11) is 0. The topological polar surface area (TPSA) is 55.3 Å². The maximum Gasteiger partial charge on any atom is 0.233 e. The van der Waals surface area contributed by atoms with Gasteiger partial charge in [0.1, 0.15) is 16.2 Å². The first-order valence-electron chi connectivity index (χ1n) is 8.93. The van der Waals surface area contributed by atoms with Crippen LogP contribution in [-0.4, -0.2) is 51.8 Å². The number of fused-ring (bicyclic) bond motifs is 3. The molecule has 25 heavy (non-hydrogen) atoms. The Labute approximate surface area is 156 Å². The summed E-state index contributed by atoms with van der Waals surface area (Å²) in [5.41, 5.74) is 1.43. The van der Waals surface area contributed by atoms with Crippen LogP contribution in [0.4, 0.5) is 0 Å². The van der Waals surface area contributed by atoms with Gasteiger partial charge in [-0.05, 0) is 45.1 Å². The van der Waals surface area contributed by atoms with Crippen LogP contribution >= 0.6 is 23.1 Å². The Hall–Kier alpha value is -1.18. The van der Waals surface area contributed by atoms with Crippen LogP contribution in [0.2, 0.25) is 0 Å². The molecule has 134 valence electrons. The van der Waals surface area contributed by atoms with E-state index in [2.05, 4.69) is 9.97 Å². The van der Waals surface area contributed by atoms with Crippen LogP contribution in [0.3, 0.4) is 0 Å². The van der Waals surface area contributed by atoms with Crippen LogP contribution in [0.5, 0.6) is 0 Å². The Morgan fingerprint density at radius 3 is 2.84 bits per heavy atom. The fourth-order valence-corrected chi connectivity index (χ4v) is 6.00. The molecule has 4 rings (SSSR count). The highest BCUT2D eigenvalue weighted by Crippen LogP contribution is 2.39. The van der Waals surface area contributed by atoms with Gasteiger partial charge >= 0.3 is 0 Å². The molecule has 0 radical (unpaired) electrons. The van der Waals surface area contributed by atoms with E-state index >= 15 is 0 Å². The number of hydrogen-bond donors (Lipinski definition) is 0. The summed E-state index contributed by atoms with van der Waals surface area (Å²) in [5, 5.41) is 2.16. The molecule has 1 amide bonds. The summed E-state index contributed by atoms with van der Waals surface area (Å²) in [4.78, 5) is 26.1. The molecule has 2 aromatic heterocycles. The van der Waals surface area contributed by atoms with Gasteiger partial charge < -0.3 is 9.64 Å². The molecule has 2 atom stereocenters. The van der Waals surface area contributed by atoms with Gasteiger partial charge in [-0.1, -0.05) is 11.8 Å². The second-order valence-corrected chi connectivity index (χ2v) is 8.96. The minimum absolute atomic E-state index is 0.104. The quantitative estimate of drug-likeness (QED) is 0.607. The molecule has 0 saturated carbocycles. The van der Waals surface area contributed by atoms with Gasteiger partial charge in [0.05, 0.1) is 18.0 Å². The molecule has 2 aromatic rings. The number of rotatable bonds is 3. The number of aryl methyl sites for hydroxylation is 2. The van der Waals surface area contributed by atoms with Crippen molar-refractivity contribution in [3.05, 3.63) is 16.8 Å². The van der Waals surface area contributed by atoms with Crippen molar-refractivity contribution in [1.29, 1.82) is 0 Å². The Morgan fingerprint density at radius 1 is 1.28 bits per heavy atom. The molecule has 0 N–H and O–H groups in total. The molecule has 1 aliphatic carbocycles. The molecular formula is C18H23N3O2S2. The summed E-state index contributed by atoms with van der Waals surface area (Å²) >= 11 is 3.36. The Bertz CT molecular complexity index is 782. The van der Waals surface area contributed by atoms with Crippen LogP contribution in [0.15, 0.2) is 11.4 Å². The first-order chi connectivity index (χ1) is 12.1. The zero-order chi connectivity index (χ0) is 17.4. The smallest absolute Gasteiger partial charge is 0.233 e. The molecule has 2 aliphatic rings. The van der Waals surface area contributed by atoms with Crippen molar-refractivity contribution in [2.24, 2.45) is 0 Å². The van der Waals surface area contributed by atoms with E-state index < -0.39 is 0 Å². The van der Waals surface area contributed by atoms with Gasteiger partial charge in [0.25, 0.3) is 0 Å². The first kappa shape index (κ1) is 17.2. The molecule has 0 bridgehead atoms. The number of morpholine rings is 1. The second-order valence-electron chi connectivity index (χ2n) is 6.91. The number of ether oxygens (including phenoxy) is 1. The lowest BCUT2D eigenvalue weighted by Crippen LogP contribution is -2.48. The third kappa shape index (κ3) is 3.55. The highest BCUT2D eigenvalue weighted by atomic mass is 32.2. The molecule has 7 heteroatoms. The Kier molecular flexibility index (Phi) is 4.97. The summed E-state index contributed by atoms with van der Waals surface area (Å²) in [6, 6.07) is 0. The number of hydrogen-bond acceptors (Lipinski definition) is 6. The average molecular weight is 378 g/mol. The van der Waals surface area contributed by atoms with E-state index in [4.69, 9.17) is 4.74 Å². The van der Waals surface area contributed by atoms with Crippen molar-refractivity contribution < 1.29 is 9.53 Å². The number of amides is 1. The zero-order valence-electron chi connectivity index (χ0n) is 14.7. The number of thioether (sulfide) groups is 1. The molecule has 1 saturated heterocycles. The highest BCUT2D eigenvalue weighted by molar-refractivity contribution is 8.00. The monoisotopic (exact) mass is 377 g/mol. The molecule has 5 nitrogen and oxygen atoms in total. The van der Waals surface area contributed by atoms with E-state index in [-0.39, 0.29) is 18.1 Å². The fourth-order valence-electron chi connectivity index (χ4n) is 3.77. The molecule has 3 heterocycles. The number of nitrogens with zero attached hydrogens (tertiary/aromatic N) is 3. The molecule has 1 fully saturated rings. The highest BCUT2D eigenvalue weighted by Gasteiger charge is 2.26. The predicted octanol–water partition coefficient (Wildman–Crippen LogP) is 3.30. The lowest BCUT2D eigenvalue weighted by atomic mass is 9.97. The summed E-state index contributed by atoms with van der Waals surface area (Å²) < 4.78 is 5.72. The fraction of sp³-hybridized carbons (Fsp3) is 0.611. The first-order valence-corrected chi connectivity index (χ1v) is 10.7. The van der Waals surface area contributed by atoms with Crippen molar-refractivity contribution in [2.45, 2.75) is 56.8 Å². The minimum atomic E-state index is 0.104. The van der Waals surface area contributed by atoms with Crippen LogP contribution < -0.4 is 0 Å². The maximum atomic E-state index is 12.6. The maximum absolute atomic E-state index is 12.6. The van der Waals surface area contributed by atoms with Crippen molar-refractivity contribution >= 4 is 39.2 Å². The van der Waals surface area contributed by atoms with E-state index in [9.17, 15) is 4.79 Å². The standard InChI is InChI=1S/C18H23N3O2S2/c1-11-7-21(8-12(2)23-11)15(22)9-24-17-16-13-5-3-4-6-14(13)25-18(16)20-10-19-17/h10-12H,3-9H2,1-2H3/t11-,12-/m0/s1. The SMILES string of the molecule is C[C@H]1CN(C(=O)CSc2ncnc3sc4c(c23)CCCC4)C[C@H](C)O1. The van der Waals surface area contributed by atoms with Crippen LogP contribution in [-0.2, 0) is 22.4 Å². The van der Waals surface area contributed by atoms with Gasteiger partial charge in [-0.15, -0.1) is 11.3 Å². The summed E-state index contributed by atoms with van der Waals surface area (Å²) in [6.07, 6.45) is 6.61. The number of aromatic nitrogens is 2. The van der Waals surface area contributed by atoms with E-state index in [0.29, 0.717) is 18.8 Å². The van der Waals surface area contributed by atoms with Gasteiger partial charge in [-0.25, -0.2) is 9.97 Å².